The van der Waals surface area contributed by atoms with Gasteiger partial charge in [-0.1, -0.05) is 18.9 Å². The predicted molar refractivity (Wildman–Crippen MR) is 74.2 cm³/mol. The van der Waals surface area contributed by atoms with Crippen LogP contribution in [-0.4, -0.2) is 37.5 Å². The molecular formula is C14H20FNO3S. The second-order valence-corrected chi connectivity index (χ2v) is 7.40. The molecule has 0 saturated heterocycles. The van der Waals surface area contributed by atoms with Crippen LogP contribution in [0.5, 0.6) is 0 Å². The zero-order valence-electron chi connectivity index (χ0n) is 11.5. The quantitative estimate of drug-likeness (QED) is 0.925. The van der Waals surface area contributed by atoms with Gasteiger partial charge in [0.2, 0.25) is 10.0 Å². The molecule has 6 heteroatoms. The van der Waals surface area contributed by atoms with Crippen molar-refractivity contribution >= 4 is 10.0 Å². The van der Waals surface area contributed by atoms with E-state index in [1.807, 2.05) is 0 Å². The van der Waals surface area contributed by atoms with Crippen molar-refractivity contribution in [3.05, 3.63) is 30.1 Å². The van der Waals surface area contributed by atoms with E-state index in [1.54, 1.807) is 0 Å². The number of aliphatic hydroxyl groups is 1. The molecule has 1 aromatic rings. The van der Waals surface area contributed by atoms with Gasteiger partial charge in [-0.3, -0.25) is 0 Å². The summed E-state index contributed by atoms with van der Waals surface area (Å²) in [4.78, 5) is -0.0506. The third-order valence-corrected chi connectivity index (χ3v) is 5.68. The smallest absolute Gasteiger partial charge is 0.242 e. The molecular weight excluding hydrogens is 281 g/mol. The lowest BCUT2D eigenvalue weighted by Gasteiger charge is -2.30. The van der Waals surface area contributed by atoms with Gasteiger partial charge in [0.1, 0.15) is 5.82 Å². The van der Waals surface area contributed by atoms with Crippen LogP contribution in [0.1, 0.15) is 25.7 Å². The van der Waals surface area contributed by atoms with Crippen LogP contribution in [0, 0.1) is 11.7 Å². The van der Waals surface area contributed by atoms with E-state index in [0.717, 1.165) is 31.7 Å². The largest absolute Gasteiger partial charge is 0.393 e. The Morgan fingerprint density at radius 3 is 2.70 bits per heavy atom. The van der Waals surface area contributed by atoms with Gasteiger partial charge in [-0.15, -0.1) is 0 Å². The Bertz CT molecular complexity index is 561. The first kappa shape index (κ1) is 15.4. The van der Waals surface area contributed by atoms with Crippen LogP contribution in [0.15, 0.2) is 29.2 Å². The number of hydrogen-bond donors (Lipinski definition) is 1. The van der Waals surface area contributed by atoms with Crippen LogP contribution >= 0.6 is 0 Å². The topological polar surface area (TPSA) is 57.6 Å². The highest BCUT2D eigenvalue weighted by molar-refractivity contribution is 7.89. The Labute approximate surface area is 119 Å². The summed E-state index contributed by atoms with van der Waals surface area (Å²) >= 11 is 0. The minimum Gasteiger partial charge on any atom is -0.393 e. The molecule has 1 aromatic carbocycles. The van der Waals surface area contributed by atoms with Gasteiger partial charge in [0.05, 0.1) is 11.0 Å². The summed E-state index contributed by atoms with van der Waals surface area (Å²) < 4.78 is 39.1. The number of benzene rings is 1. The number of rotatable bonds is 4. The van der Waals surface area contributed by atoms with Crippen molar-refractivity contribution in [2.24, 2.45) is 5.92 Å². The van der Waals surface area contributed by atoms with E-state index < -0.39 is 21.9 Å². The number of aliphatic hydroxyl groups excluding tert-OH is 1. The minimum absolute atomic E-state index is 0.0444. The van der Waals surface area contributed by atoms with Crippen molar-refractivity contribution in [1.29, 1.82) is 0 Å². The van der Waals surface area contributed by atoms with E-state index in [4.69, 9.17) is 0 Å². The van der Waals surface area contributed by atoms with Crippen LogP contribution in [0.25, 0.3) is 0 Å². The highest BCUT2D eigenvalue weighted by atomic mass is 32.2. The van der Waals surface area contributed by atoms with Crippen molar-refractivity contribution in [3.8, 4) is 0 Å². The molecule has 1 fully saturated rings. The Balaban J connectivity index is 2.13. The molecule has 4 nitrogen and oxygen atoms in total. The predicted octanol–water partition coefficient (Wildman–Crippen LogP) is 2.00. The molecule has 1 saturated carbocycles. The fourth-order valence-electron chi connectivity index (χ4n) is 2.64. The monoisotopic (exact) mass is 301 g/mol. The zero-order chi connectivity index (χ0) is 14.8. The summed E-state index contributed by atoms with van der Waals surface area (Å²) in [5.41, 5.74) is 0. The Kier molecular flexibility index (Phi) is 4.78. The summed E-state index contributed by atoms with van der Waals surface area (Å²) in [5.74, 6) is -0.616. The van der Waals surface area contributed by atoms with Crippen molar-refractivity contribution in [2.45, 2.75) is 36.7 Å². The van der Waals surface area contributed by atoms with E-state index >= 15 is 0 Å². The molecule has 0 bridgehead atoms. The normalized spacial score (nSPS) is 24.0. The SMILES string of the molecule is CN(CC1CCCCC1O)S(=O)(=O)c1cccc(F)c1. The molecule has 0 spiro atoms. The van der Waals surface area contributed by atoms with Crippen molar-refractivity contribution in [1.82, 2.24) is 4.31 Å². The zero-order valence-corrected chi connectivity index (χ0v) is 12.3. The second kappa shape index (κ2) is 6.20. The van der Waals surface area contributed by atoms with E-state index in [0.29, 0.717) is 0 Å². The van der Waals surface area contributed by atoms with Gasteiger partial charge in [-0.2, -0.15) is 0 Å². The van der Waals surface area contributed by atoms with Crippen LogP contribution in [0.3, 0.4) is 0 Å². The lowest BCUT2D eigenvalue weighted by Crippen LogP contribution is -2.38. The van der Waals surface area contributed by atoms with E-state index in [-0.39, 0.29) is 17.4 Å². The highest BCUT2D eigenvalue weighted by Gasteiger charge is 2.29. The molecule has 2 unspecified atom stereocenters. The molecule has 0 heterocycles. The first-order valence-corrected chi connectivity index (χ1v) is 8.25. The molecule has 1 aliphatic rings. The summed E-state index contributed by atoms with van der Waals surface area (Å²) in [5, 5.41) is 9.92. The molecule has 2 atom stereocenters. The lowest BCUT2D eigenvalue weighted by molar-refractivity contribution is 0.0620. The van der Waals surface area contributed by atoms with Crippen LogP contribution in [0.4, 0.5) is 4.39 Å². The third kappa shape index (κ3) is 3.37. The van der Waals surface area contributed by atoms with Gasteiger partial charge in [0.15, 0.2) is 0 Å². The molecule has 20 heavy (non-hydrogen) atoms. The Morgan fingerprint density at radius 2 is 2.05 bits per heavy atom. The van der Waals surface area contributed by atoms with E-state index in [1.165, 1.54) is 29.6 Å². The maximum absolute atomic E-state index is 13.2. The third-order valence-electron chi connectivity index (χ3n) is 3.86. The van der Waals surface area contributed by atoms with Crippen LogP contribution in [0.2, 0.25) is 0 Å². The molecule has 0 radical (unpaired) electrons. The number of sulfonamides is 1. The van der Waals surface area contributed by atoms with Crippen molar-refractivity contribution < 1.29 is 17.9 Å². The van der Waals surface area contributed by atoms with Gasteiger partial charge >= 0.3 is 0 Å². The molecule has 112 valence electrons. The van der Waals surface area contributed by atoms with E-state index in [9.17, 15) is 17.9 Å². The Hall–Kier alpha value is -0.980. The maximum Gasteiger partial charge on any atom is 0.242 e. The maximum atomic E-state index is 13.2. The standard InChI is InChI=1S/C14H20FNO3S/c1-16(10-11-5-2-3-8-14(11)17)20(18,19)13-7-4-6-12(15)9-13/h4,6-7,9,11,14,17H,2-3,5,8,10H2,1H3. The van der Waals surface area contributed by atoms with Gasteiger partial charge in [0, 0.05) is 13.6 Å². The summed E-state index contributed by atoms with van der Waals surface area (Å²) in [6, 6.07) is 4.99. The molecule has 1 N–H and O–H groups in total. The number of halogens is 1. The number of nitrogens with zero attached hydrogens (tertiary/aromatic N) is 1. The molecule has 0 aromatic heterocycles. The van der Waals surface area contributed by atoms with Crippen LogP contribution in [-0.2, 0) is 10.0 Å². The van der Waals surface area contributed by atoms with E-state index in [2.05, 4.69) is 0 Å². The van der Waals surface area contributed by atoms with Gasteiger partial charge < -0.3 is 5.11 Å². The lowest BCUT2D eigenvalue weighted by atomic mass is 9.86. The highest BCUT2D eigenvalue weighted by Crippen LogP contribution is 2.26. The molecule has 0 aliphatic heterocycles. The first-order valence-electron chi connectivity index (χ1n) is 6.81. The summed E-state index contributed by atoms with van der Waals surface area (Å²) in [6.07, 6.45) is 3.09. The van der Waals surface area contributed by atoms with Gasteiger partial charge in [0.25, 0.3) is 0 Å². The average molecular weight is 301 g/mol. The Morgan fingerprint density at radius 1 is 1.35 bits per heavy atom. The summed E-state index contributed by atoms with van der Waals surface area (Å²) in [7, 11) is -2.23. The fraction of sp³-hybridized carbons (Fsp3) is 0.571. The minimum atomic E-state index is -3.70. The fourth-order valence-corrected chi connectivity index (χ4v) is 3.90. The second-order valence-electron chi connectivity index (χ2n) is 5.35. The average Bonchev–Trinajstić information content (AvgIpc) is 2.41. The van der Waals surface area contributed by atoms with Crippen molar-refractivity contribution in [3.63, 3.8) is 0 Å². The molecule has 0 amide bonds. The molecule has 2 rings (SSSR count). The number of hydrogen-bond acceptors (Lipinski definition) is 3. The molecule has 1 aliphatic carbocycles. The van der Waals surface area contributed by atoms with Gasteiger partial charge in [-0.25, -0.2) is 17.1 Å². The van der Waals surface area contributed by atoms with Gasteiger partial charge in [-0.05, 0) is 37.0 Å². The van der Waals surface area contributed by atoms with Crippen molar-refractivity contribution in [2.75, 3.05) is 13.6 Å². The van der Waals surface area contributed by atoms with Crippen LogP contribution < -0.4 is 0 Å². The first-order chi connectivity index (χ1) is 9.41. The summed E-state index contributed by atoms with van der Waals surface area (Å²) in [6.45, 7) is 0.264.